The molecule has 1 aliphatic rings. The fraction of sp³-hybridized carbons (Fsp3) is 0.333. The highest BCUT2D eigenvalue weighted by atomic mass is 16.5. The molecule has 122 valence electrons. The molecule has 0 unspecified atom stereocenters. The van der Waals surface area contributed by atoms with E-state index in [2.05, 4.69) is 4.98 Å². The Kier molecular flexibility index (Phi) is 5.97. The maximum atomic E-state index is 11.7. The van der Waals surface area contributed by atoms with Crippen LogP contribution in [-0.2, 0) is 6.61 Å². The molecule has 5 nitrogen and oxygen atoms in total. The highest BCUT2D eigenvalue weighted by Gasteiger charge is 2.18. The summed E-state index contributed by atoms with van der Waals surface area (Å²) in [5.41, 5.74) is 1.53. The highest BCUT2D eigenvalue weighted by Crippen LogP contribution is 2.29. The average Bonchev–Trinajstić information content (AvgIpc) is 2.62. The van der Waals surface area contributed by atoms with E-state index >= 15 is 0 Å². The van der Waals surface area contributed by atoms with Crippen molar-refractivity contribution in [1.29, 1.82) is 0 Å². The molecule has 1 aromatic heterocycles. The minimum atomic E-state index is 0.110. The van der Waals surface area contributed by atoms with Gasteiger partial charge in [0.1, 0.15) is 23.9 Å². The molecule has 3 rings (SSSR count). The predicted molar refractivity (Wildman–Crippen MR) is 87.4 cm³/mol. The lowest BCUT2D eigenvalue weighted by molar-refractivity contribution is 0.0933. The van der Waals surface area contributed by atoms with Gasteiger partial charge in [0.25, 0.3) is 0 Å². The molecule has 0 spiro atoms. The molecule has 0 fully saturated rings. The number of hydrogen-bond donors (Lipinski definition) is 0. The number of Topliss-reactive ketones (excluding diaryl/α,β-unsaturated/α-hetero) is 1. The Labute approximate surface area is 136 Å². The van der Waals surface area contributed by atoms with Gasteiger partial charge in [-0.1, -0.05) is 13.8 Å². The number of ketones is 1. The van der Waals surface area contributed by atoms with Crippen molar-refractivity contribution in [3.8, 4) is 17.2 Å². The Balaban J connectivity index is 0.000000924. The maximum absolute atomic E-state index is 11.7. The second-order valence-corrected chi connectivity index (χ2v) is 4.66. The first-order valence-electron chi connectivity index (χ1n) is 7.67. The Morgan fingerprint density at radius 2 is 2.09 bits per heavy atom. The summed E-state index contributed by atoms with van der Waals surface area (Å²) in [6.45, 7) is 4.78. The van der Waals surface area contributed by atoms with E-state index in [-0.39, 0.29) is 5.78 Å². The second-order valence-electron chi connectivity index (χ2n) is 4.66. The molecule has 23 heavy (non-hydrogen) atoms. The van der Waals surface area contributed by atoms with E-state index in [0.29, 0.717) is 42.4 Å². The van der Waals surface area contributed by atoms with Crippen molar-refractivity contribution >= 4 is 5.78 Å². The molecule has 1 aliphatic heterocycles. The highest BCUT2D eigenvalue weighted by molar-refractivity contribution is 5.99. The molecule has 0 radical (unpaired) electrons. The lowest BCUT2D eigenvalue weighted by Gasteiger charge is -2.17. The number of ether oxygens (including phenoxy) is 3. The van der Waals surface area contributed by atoms with Gasteiger partial charge in [-0.25, -0.2) is 0 Å². The number of fused-ring (bicyclic) bond motifs is 1. The van der Waals surface area contributed by atoms with Gasteiger partial charge in [-0.05, 0) is 18.2 Å². The van der Waals surface area contributed by atoms with Gasteiger partial charge >= 0.3 is 0 Å². The third kappa shape index (κ3) is 4.00. The third-order valence-electron chi connectivity index (χ3n) is 3.32. The molecule has 0 N–H and O–H groups in total. The van der Waals surface area contributed by atoms with Crippen molar-refractivity contribution in [3.63, 3.8) is 0 Å². The smallest absolute Gasteiger partial charge is 0.169 e. The standard InChI is InChI=1S/C16H15NO4.C2H6/c1-19-16-9-17-6-4-11(16)10-21-12-2-3-13-14(18)5-7-20-15(13)8-12;1-2/h2-4,6,8-9H,5,7,10H2,1H3;1-2H3. The van der Waals surface area contributed by atoms with Crippen LogP contribution in [0.4, 0.5) is 0 Å². The van der Waals surface area contributed by atoms with E-state index in [9.17, 15) is 4.79 Å². The number of rotatable bonds is 4. The Morgan fingerprint density at radius 3 is 2.87 bits per heavy atom. The number of methoxy groups -OCH3 is 1. The van der Waals surface area contributed by atoms with Crippen molar-refractivity contribution in [2.45, 2.75) is 26.9 Å². The van der Waals surface area contributed by atoms with Crippen LogP contribution >= 0.6 is 0 Å². The van der Waals surface area contributed by atoms with Gasteiger partial charge in [-0.2, -0.15) is 0 Å². The molecule has 1 aromatic carbocycles. The van der Waals surface area contributed by atoms with Crippen LogP contribution in [0.25, 0.3) is 0 Å². The van der Waals surface area contributed by atoms with E-state index < -0.39 is 0 Å². The molecule has 0 atom stereocenters. The predicted octanol–water partition coefficient (Wildman–Crippen LogP) is 3.66. The van der Waals surface area contributed by atoms with E-state index in [1.165, 1.54) is 0 Å². The molecule has 0 amide bonds. The first-order valence-corrected chi connectivity index (χ1v) is 7.67. The SMILES string of the molecule is CC.COc1cnccc1COc1ccc2c(c1)OCCC2=O. The zero-order valence-corrected chi connectivity index (χ0v) is 13.7. The number of carbonyl (C=O) groups excluding carboxylic acids is 1. The number of benzene rings is 1. The van der Waals surface area contributed by atoms with Gasteiger partial charge in [-0.3, -0.25) is 9.78 Å². The van der Waals surface area contributed by atoms with Gasteiger partial charge in [0.05, 0.1) is 25.5 Å². The second kappa shape index (κ2) is 8.17. The van der Waals surface area contributed by atoms with Crippen molar-refractivity contribution in [2.75, 3.05) is 13.7 Å². The van der Waals surface area contributed by atoms with Crippen molar-refractivity contribution < 1.29 is 19.0 Å². The minimum absolute atomic E-state index is 0.110. The Bertz CT molecular complexity index is 670. The molecular weight excluding hydrogens is 294 g/mol. The quantitative estimate of drug-likeness (QED) is 0.862. The third-order valence-corrected chi connectivity index (χ3v) is 3.32. The fourth-order valence-corrected chi connectivity index (χ4v) is 2.20. The molecule has 5 heteroatoms. The van der Waals surface area contributed by atoms with E-state index in [4.69, 9.17) is 14.2 Å². The molecule has 0 aliphatic carbocycles. The molecule has 2 aromatic rings. The van der Waals surface area contributed by atoms with Crippen LogP contribution < -0.4 is 14.2 Å². The molecular formula is C18H21NO4. The monoisotopic (exact) mass is 315 g/mol. The first kappa shape index (κ1) is 16.8. The summed E-state index contributed by atoms with van der Waals surface area (Å²) in [6.07, 6.45) is 3.77. The summed E-state index contributed by atoms with van der Waals surface area (Å²) in [4.78, 5) is 15.7. The average molecular weight is 315 g/mol. The summed E-state index contributed by atoms with van der Waals surface area (Å²) in [7, 11) is 1.60. The fourth-order valence-electron chi connectivity index (χ4n) is 2.20. The van der Waals surface area contributed by atoms with Gasteiger partial charge in [0.2, 0.25) is 0 Å². The number of aromatic nitrogens is 1. The summed E-state index contributed by atoms with van der Waals surface area (Å²) in [5, 5.41) is 0. The zero-order chi connectivity index (χ0) is 16.7. The largest absolute Gasteiger partial charge is 0.495 e. The van der Waals surface area contributed by atoms with Crippen LogP contribution in [0.2, 0.25) is 0 Å². The first-order chi connectivity index (χ1) is 11.3. The summed E-state index contributed by atoms with van der Waals surface area (Å²) in [6, 6.07) is 7.12. The minimum Gasteiger partial charge on any atom is -0.495 e. The van der Waals surface area contributed by atoms with Gasteiger partial charge in [0.15, 0.2) is 5.78 Å². The van der Waals surface area contributed by atoms with E-state index in [1.807, 2.05) is 19.9 Å². The normalized spacial score (nSPS) is 12.4. The zero-order valence-electron chi connectivity index (χ0n) is 13.7. The van der Waals surface area contributed by atoms with Crippen molar-refractivity contribution in [1.82, 2.24) is 4.98 Å². The lowest BCUT2D eigenvalue weighted by Crippen LogP contribution is -2.15. The Morgan fingerprint density at radius 1 is 1.26 bits per heavy atom. The maximum Gasteiger partial charge on any atom is 0.169 e. The number of nitrogens with zero attached hydrogens (tertiary/aromatic N) is 1. The van der Waals surface area contributed by atoms with Gasteiger partial charge < -0.3 is 14.2 Å². The molecule has 0 saturated heterocycles. The van der Waals surface area contributed by atoms with Crippen LogP contribution in [0.3, 0.4) is 0 Å². The van der Waals surface area contributed by atoms with E-state index in [1.54, 1.807) is 37.7 Å². The van der Waals surface area contributed by atoms with Crippen LogP contribution in [0.1, 0.15) is 36.2 Å². The van der Waals surface area contributed by atoms with Crippen molar-refractivity contribution in [2.24, 2.45) is 0 Å². The molecule has 2 heterocycles. The number of pyridine rings is 1. The Hall–Kier alpha value is -2.56. The van der Waals surface area contributed by atoms with Crippen LogP contribution in [0.15, 0.2) is 36.7 Å². The van der Waals surface area contributed by atoms with Gasteiger partial charge in [-0.15, -0.1) is 0 Å². The lowest BCUT2D eigenvalue weighted by atomic mass is 10.1. The van der Waals surface area contributed by atoms with Crippen LogP contribution in [-0.4, -0.2) is 24.5 Å². The summed E-state index contributed by atoms with van der Waals surface area (Å²) in [5.74, 6) is 2.04. The number of hydrogen-bond acceptors (Lipinski definition) is 5. The summed E-state index contributed by atoms with van der Waals surface area (Å²) < 4.78 is 16.5. The van der Waals surface area contributed by atoms with Gasteiger partial charge in [0, 0.05) is 24.2 Å². The van der Waals surface area contributed by atoms with E-state index in [0.717, 1.165) is 5.56 Å². The van der Waals surface area contributed by atoms with Crippen LogP contribution in [0, 0.1) is 0 Å². The molecule has 0 bridgehead atoms. The molecule has 0 saturated carbocycles. The number of carbonyl (C=O) groups is 1. The summed E-state index contributed by atoms with van der Waals surface area (Å²) >= 11 is 0. The van der Waals surface area contributed by atoms with Crippen molar-refractivity contribution in [3.05, 3.63) is 47.8 Å². The van der Waals surface area contributed by atoms with Crippen LogP contribution in [0.5, 0.6) is 17.2 Å². The topological polar surface area (TPSA) is 57.6 Å².